The van der Waals surface area contributed by atoms with E-state index in [2.05, 4.69) is 13.5 Å². The highest BCUT2D eigenvalue weighted by atomic mass is 14.3. The zero-order valence-electron chi connectivity index (χ0n) is 11.0. The van der Waals surface area contributed by atoms with Gasteiger partial charge in [0.25, 0.3) is 0 Å². The Morgan fingerprint density at radius 1 is 0.938 bits per heavy atom. The van der Waals surface area contributed by atoms with E-state index in [4.69, 9.17) is 0 Å². The lowest BCUT2D eigenvalue weighted by molar-refractivity contribution is 0.262. The third kappa shape index (κ3) is 2.90. The SMILES string of the molecule is C=C(C1CCCCC1)C1CCCC(CC)C1. The normalized spacial score (nSPS) is 32.6. The molecular formula is C16H28. The molecule has 2 unspecified atom stereocenters. The first kappa shape index (κ1) is 12.2. The number of rotatable bonds is 3. The Hall–Kier alpha value is -0.260. The van der Waals surface area contributed by atoms with Gasteiger partial charge in [-0.15, -0.1) is 0 Å². The van der Waals surface area contributed by atoms with Crippen LogP contribution in [0, 0.1) is 17.8 Å². The molecule has 0 amide bonds. The van der Waals surface area contributed by atoms with Crippen molar-refractivity contribution in [1.82, 2.24) is 0 Å². The molecule has 92 valence electrons. The van der Waals surface area contributed by atoms with Crippen LogP contribution in [0.25, 0.3) is 0 Å². The first-order valence-corrected chi connectivity index (χ1v) is 7.50. The fraction of sp³-hybridized carbons (Fsp3) is 0.875. The van der Waals surface area contributed by atoms with Crippen molar-refractivity contribution in [1.29, 1.82) is 0 Å². The van der Waals surface area contributed by atoms with Gasteiger partial charge in [-0.3, -0.25) is 0 Å². The first-order valence-electron chi connectivity index (χ1n) is 7.50. The van der Waals surface area contributed by atoms with Crippen LogP contribution in [-0.2, 0) is 0 Å². The average molecular weight is 220 g/mol. The summed E-state index contributed by atoms with van der Waals surface area (Å²) in [4.78, 5) is 0. The molecule has 0 spiro atoms. The van der Waals surface area contributed by atoms with E-state index in [0.29, 0.717) is 0 Å². The summed E-state index contributed by atoms with van der Waals surface area (Å²) in [5.41, 5.74) is 1.64. The largest absolute Gasteiger partial charge is 0.0993 e. The Morgan fingerprint density at radius 2 is 1.62 bits per heavy atom. The second-order valence-corrected chi connectivity index (χ2v) is 6.05. The molecule has 0 aliphatic heterocycles. The van der Waals surface area contributed by atoms with Gasteiger partial charge in [-0.1, -0.05) is 57.6 Å². The van der Waals surface area contributed by atoms with E-state index >= 15 is 0 Å². The van der Waals surface area contributed by atoms with Crippen LogP contribution in [0.15, 0.2) is 12.2 Å². The Morgan fingerprint density at radius 3 is 2.31 bits per heavy atom. The average Bonchev–Trinajstić information content (AvgIpc) is 2.39. The zero-order chi connectivity index (χ0) is 11.4. The van der Waals surface area contributed by atoms with Crippen LogP contribution in [0.2, 0.25) is 0 Å². The highest BCUT2D eigenvalue weighted by molar-refractivity contribution is 5.08. The van der Waals surface area contributed by atoms with Gasteiger partial charge in [0.1, 0.15) is 0 Å². The van der Waals surface area contributed by atoms with E-state index < -0.39 is 0 Å². The highest BCUT2D eigenvalue weighted by Crippen LogP contribution is 2.40. The molecule has 0 bridgehead atoms. The van der Waals surface area contributed by atoms with Crippen LogP contribution >= 0.6 is 0 Å². The van der Waals surface area contributed by atoms with Gasteiger partial charge in [0.15, 0.2) is 0 Å². The molecule has 0 saturated heterocycles. The minimum absolute atomic E-state index is 0.877. The lowest BCUT2D eigenvalue weighted by Gasteiger charge is -2.34. The fourth-order valence-corrected chi connectivity index (χ4v) is 3.81. The van der Waals surface area contributed by atoms with Crippen LogP contribution in [0.4, 0.5) is 0 Å². The third-order valence-corrected chi connectivity index (χ3v) is 5.01. The predicted molar refractivity (Wildman–Crippen MR) is 71.5 cm³/mol. The Bertz CT molecular complexity index is 222. The van der Waals surface area contributed by atoms with E-state index in [1.165, 1.54) is 64.2 Å². The van der Waals surface area contributed by atoms with Gasteiger partial charge < -0.3 is 0 Å². The van der Waals surface area contributed by atoms with Crippen molar-refractivity contribution >= 4 is 0 Å². The monoisotopic (exact) mass is 220 g/mol. The predicted octanol–water partition coefficient (Wildman–Crippen LogP) is 5.34. The molecule has 2 aliphatic rings. The van der Waals surface area contributed by atoms with Gasteiger partial charge >= 0.3 is 0 Å². The van der Waals surface area contributed by atoms with E-state index in [1.54, 1.807) is 5.57 Å². The van der Waals surface area contributed by atoms with Crippen molar-refractivity contribution < 1.29 is 0 Å². The van der Waals surface area contributed by atoms with Crippen molar-refractivity contribution in [2.45, 2.75) is 71.1 Å². The maximum Gasteiger partial charge on any atom is -0.0201 e. The zero-order valence-corrected chi connectivity index (χ0v) is 11.0. The Balaban J connectivity index is 1.87. The maximum atomic E-state index is 4.47. The lowest BCUT2D eigenvalue weighted by Crippen LogP contribution is -2.21. The second kappa shape index (κ2) is 5.89. The van der Waals surface area contributed by atoms with Crippen LogP contribution in [0.5, 0.6) is 0 Å². The summed E-state index contributed by atoms with van der Waals surface area (Å²) >= 11 is 0. The van der Waals surface area contributed by atoms with E-state index in [0.717, 1.165) is 17.8 Å². The molecule has 0 N–H and O–H groups in total. The Kier molecular flexibility index (Phi) is 4.49. The molecular weight excluding hydrogens is 192 g/mol. The quantitative estimate of drug-likeness (QED) is 0.563. The van der Waals surface area contributed by atoms with Crippen LogP contribution in [-0.4, -0.2) is 0 Å². The summed E-state index contributed by atoms with van der Waals surface area (Å²) in [5, 5.41) is 0. The summed E-state index contributed by atoms with van der Waals surface area (Å²) in [7, 11) is 0. The minimum Gasteiger partial charge on any atom is -0.0993 e. The number of hydrogen-bond acceptors (Lipinski definition) is 0. The first-order chi connectivity index (χ1) is 7.81. The molecule has 0 heteroatoms. The molecule has 2 aliphatic carbocycles. The van der Waals surface area contributed by atoms with Gasteiger partial charge in [0.05, 0.1) is 0 Å². The maximum absolute atomic E-state index is 4.47. The van der Waals surface area contributed by atoms with Crippen molar-refractivity contribution in [3.05, 3.63) is 12.2 Å². The van der Waals surface area contributed by atoms with E-state index in [1.807, 2.05) is 0 Å². The van der Waals surface area contributed by atoms with Crippen LogP contribution in [0.1, 0.15) is 71.1 Å². The van der Waals surface area contributed by atoms with Crippen LogP contribution < -0.4 is 0 Å². The molecule has 0 aromatic heterocycles. The lowest BCUT2D eigenvalue weighted by atomic mass is 9.71. The molecule has 0 radical (unpaired) electrons. The van der Waals surface area contributed by atoms with Gasteiger partial charge in [0.2, 0.25) is 0 Å². The molecule has 2 saturated carbocycles. The molecule has 2 atom stereocenters. The van der Waals surface area contributed by atoms with Crippen molar-refractivity contribution in [2.75, 3.05) is 0 Å². The number of hydrogen-bond donors (Lipinski definition) is 0. The fourth-order valence-electron chi connectivity index (χ4n) is 3.81. The Labute approximate surface area is 102 Å². The van der Waals surface area contributed by atoms with Gasteiger partial charge in [0, 0.05) is 0 Å². The second-order valence-electron chi connectivity index (χ2n) is 6.05. The molecule has 0 aromatic rings. The summed E-state index contributed by atoms with van der Waals surface area (Å²) in [6, 6.07) is 0. The van der Waals surface area contributed by atoms with Crippen molar-refractivity contribution in [3.8, 4) is 0 Å². The third-order valence-electron chi connectivity index (χ3n) is 5.01. The molecule has 0 nitrogen and oxygen atoms in total. The van der Waals surface area contributed by atoms with Gasteiger partial charge in [-0.05, 0) is 43.4 Å². The minimum atomic E-state index is 0.877. The molecule has 0 heterocycles. The molecule has 2 fully saturated rings. The van der Waals surface area contributed by atoms with Crippen LogP contribution in [0.3, 0.4) is 0 Å². The summed E-state index contributed by atoms with van der Waals surface area (Å²) in [6.45, 7) is 6.83. The van der Waals surface area contributed by atoms with E-state index in [9.17, 15) is 0 Å². The summed E-state index contributed by atoms with van der Waals surface area (Å²) in [6.07, 6.45) is 14.4. The molecule has 0 aromatic carbocycles. The summed E-state index contributed by atoms with van der Waals surface area (Å²) < 4.78 is 0. The smallest absolute Gasteiger partial charge is 0.0201 e. The van der Waals surface area contributed by atoms with E-state index in [-0.39, 0.29) is 0 Å². The summed E-state index contributed by atoms with van der Waals surface area (Å²) in [5.74, 6) is 2.76. The van der Waals surface area contributed by atoms with Gasteiger partial charge in [-0.25, -0.2) is 0 Å². The van der Waals surface area contributed by atoms with Crippen molar-refractivity contribution in [2.24, 2.45) is 17.8 Å². The highest BCUT2D eigenvalue weighted by Gasteiger charge is 2.27. The topological polar surface area (TPSA) is 0 Å². The van der Waals surface area contributed by atoms with Crippen molar-refractivity contribution in [3.63, 3.8) is 0 Å². The van der Waals surface area contributed by atoms with Gasteiger partial charge in [-0.2, -0.15) is 0 Å². The molecule has 2 rings (SSSR count). The molecule has 16 heavy (non-hydrogen) atoms. The standard InChI is InChI=1S/C16H28/c1-3-14-8-7-11-16(12-14)13(2)15-9-5-4-6-10-15/h14-16H,2-12H2,1H3. The number of allylic oxidation sites excluding steroid dienone is 1.